The van der Waals surface area contributed by atoms with Crippen molar-refractivity contribution in [3.63, 3.8) is 0 Å². The zero-order valence-electron chi connectivity index (χ0n) is 8.71. The van der Waals surface area contributed by atoms with Crippen molar-refractivity contribution in [2.24, 2.45) is 0 Å². The number of hydrogen-bond donors (Lipinski definition) is 1. The fourth-order valence-corrected chi connectivity index (χ4v) is 3.94. The molecule has 0 aromatic heterocycles. The van der Waals surface area contributed by atoms with E-state index in [0.29, 0.717) is 14.9 Å². The van der Waals surface area contributed by atoms with Gasteiger partial charge in [0.25, 0.3) is 0 Å². The van der Waals surface area contributed by atoms with Crippen LogP contribution in [0.2, 0.25) is 10.0 Å². The Morgan fingerprint density at radius 3 is 2.56 bits per heavy atom. The van der Waals surface area contributed by atoms with E-state index in [0.717, 1.165) is 25.9 Å². The van der Waals surface area contributed by atoms with Gasteiger partial charge < -0.3 is 5.32 Å². The minimum absolute atomic E-state index is 0.208. The second-order valence-corrected chi connectivity index (χ2v) is 6.37. The number of nitrogens with one attached hydrogen (secondary N) is 1. The van der Waals surface area contributed by atoms with Crippen LogP contribution in [0.1, 0.15) is 12.8 Å². The Morgan fingerprint density at radius 1 is 1.25 bits per heavy atom. The van der Waals surface area contributed by atoms with Crippen LogP contribution < -0.4 is 5.32 Å². The number of hydrogen-bond acceptors (Lipinski definition) is 2. The Balaban J connectivity index is 2.19. The van der Waals surface area contributed by atoms with Crippen molar-refractivity contribution >= 4 is 34.0 Å². The first-order valence-electron chi connectivity index (χ1n) is 5.25. The van der Waals surface area contributed by atoms with Crippen LogP contribution in [0.4, 0.5) is 0 Å². The molecular weight excluding hydrogens is 265 g/mol. The highest BCUT2D eigenvalue weighted by Gasteiger charge is 2.22. The maximum absolute atomic E-state index is 12.3. The minimum atomic E-state index is -1.02. The van der Waals surface area contributed by atoms with Gasteiger partial charge in [0.1, 0.15) is 0 Å². The van der Waals surface area contributed by atoms with Crippen molar-refractivity contribution in [3.8, 4) is 0 Å². The van der Waals surface area contributed by atoms with Gasteiger partial charge in [-0.3, -0.25) is 4.21 Å². The average Bonchev–Trinajstić information content (AvgIpc) is 2.29. The Labute approximate surface area is 108 Å². The minimum Gasteiger partial charge on any atom is -0.317 e. The molecule has 0 saturated carbocycles. The van der Waals surface area contributed by atoms with Gasteiger partial charge in [-0.05, 0) is 44.1 Å². The molecule has 1 aliphatic heterocycles. The maximum atomic E-state index is 12.3. The van der Waals surface area contributed by atoms with Crippen LogP contribution in [0.15, 0.2) is 23.1 Å². The summed E-state index contributed by atoms with van der Waals surface area (Å²) in [5, 5.41) is 4.55. The van der Waals surface area contributed by atoms with Crippen LogP contribution in [0.3, 0.4) is 0 Å². The Kier molecular flexibility index (Phi) is 4.25. The van der Waals surface area contributed by atoms with Gasteiger partial charge in [-0.25, -0.2) is 0 Å². The molecule has 0 aliphatic carbocycles. The molecule has 16 heavy (non-hydrogen) atoms. The first kappa shape index (κ1) is 12.4. The third-order valence-corrected chi connectivity index (χ3v) is 5.23. The van der Waals surface area contributed by atoms with Crippen LogP contribution in [0, 0.1) is 0 Å². The Bertz CT molecular complexity index is 405. The molecule has 0 amide bonds. The van der Waals surface area contributed by atoms with Crippen molar-refractivity contribution in [2.75, 3.05) is 13.1 Å². The molecule has 88 valence electrons. The lowest BCUT2D eigenvalue weighted by molar-refractivity contribution is 0.519. The zero-order chi connectivity index (χ0) is 11.5. The summed E-state index contributed by atoms with van der Waals surface area (Å²) in [5.74, 6) is 0. The summed E-state index contributed by atoms with van der Waals surface area (Å²) >= 11 is 11.9. The van der Waals surface area contributed by atoms with E-state index in [4.69, 9.17) is 23.2 Å². The molecule has 0 spiro atoms. The monoisotopic (exact) mass is 277 g/mol. The predicted molar refractivity (Wildman–Crippen MR) is 68.8 cm³/mol. The van der Waals surface area contributed by atoms with Crippen LogP contribution in [0.25, 0.3) is 0 Å². The molecular formula is C11H13Cl2NOS. The summed E-state index contributed by atoms with van der Waals surface area (Å²) in [7, 11) is -1.02. The first-order valence-corrected chi connectivity index (χ1v) is 7.22. The van der Waals surface area contributed by atoms with E-state index in [1.807, 2.05) is 0 Å². The topological polar surface area (TPSA) is 29.1 Å². The summed E-state index contributed by atoms with van der Waals surface area (Å²) < 4.78 is 12.3. The Hall–Kier alpha value is -0.0900. The first-order chi connectivity index (χ1) is 7.68. The van der Waals surface area contributed by atoms with Gasteiger partial charge in [0.15, 0.2) is 0 Å². The van der Waals surface area contributed by atoms with Crippen molar-refractivity contribution in [3.05, 3.63) is 28.2 Å². The molecule has 0 radical (unpaired) electrons. The van der Waals surface area contributed by atoms with Gasteiger partial charge in [-0.1, -0.05) is 23.2 Å². The third-order valence-electron chi connectivity index (χ3n) is 2.70. The van der Waals surface area contributed by atoms with Crippen molar-refractivity contribution in [1.29, 1.82) is 0 Å². The fourth-order valence-electron chi connectivity index (χ4n) is 1.83. The second-order valence-electron chi connectivity index (χ2n) is 3.82. The van der Waals surface area contributed by atoms with Gasteiger partial charge in [0.05, 0.1) is 20.7 Å². The summed E-state index contributed by atoms with van der Waals surface area (Å²) in [6.07, 6.45) is 1.87. The van der Waals surface area contributed by atoms with Crippen molar-refractivity contribution in [1.82, 2.24) is 5.32 Å². The molecule has 1 fully saturated rings. The van der Waals surface area contributed by atoms with Crippen molar-refractivity contribution in [2.45, 2.75) is 23.0 Å². The van der Waals surface area contributed by atoms with Gasteiger partial charge in [-0.15, -0.1) is 0 Å². The highest BCUT2D eigenvalue weighted by molar-refractivity contribution is 7.85. The quantitative estimate of drug-likeness (QED) is 0.901. The molecule has 2 nitrogen and oxygen atoms in total. The van der Waals surface area contributed by atoms with E-state index in [1.165, 1.54) is 0 Å². The molecule has 2 rings (SSSR count). The summed E-state index contributed by atoms with van der Waals surface area (Å²) in [6.45, 7) is 1.86. The molecule has 1 atom stereocenters. The van der Waals surface area contributed by atoms with Gasteiger partial charge in [0.2, 0.25) is 0 Å². The van der Waals surface area contributed by atoms with E-state index < -0.39 is 10.8 Å². The summed E-state index contributed by atoms with van der Waals surface area (Å²) in [6, 6.07) is 5.15. The molecule has 1 aromatic carbocycles. The number of halogens is 2. The molecule has 1 aromatic rings. The van der Waals surface area contributed by atoms with Crippen LogP contribution in [0.5, 0.6) is 0 Å². The molecule has 0 bridgehead atoms. The molecule has 5 heteroatoms. The van der Waals surface area contributed by atoms with Crippen LogP contribution in [-0.2, 0) is 10.8 Å². The van der Waals surface area contributed by atoms with E-state index in [-0.39, 0.29) is 5.25 Å². The summed E-state index contributed by atoms with van der Waals surface area (Å²) in [4.78, 5) is 0.706. The standard InChI is InChI=1S/C11H13Cl2NOS/c12-8-1-2-11(10(13)7-8)16(15)9-3-5-14-6-4-9/h1-2,7,9,14H,3-6H2/t16-/m0/s1. The number of rotatable bonds is 2. The highest BCUT2D eigenvalue weighted by atomic mass is 35.5. The SMILES string of the molecule is O=[S@](c1ccc(Cl)cc1Cl)C1CCNCC1. The van der Waals surface area contributed by atoms with Crippen LogP contribution >= 0.6 is 23.2 Å². The fraction of sp³-hybridized carbons (Fsp3) is 0.455. The smallest absolute Gasteiger partial charge is 0.0582 e. The normalized spacial score (nSPS) is 19.6. The van der Waals surface area contributed by atoms with E-state index >= 15 is 0 Å². The molecule has 1 N–H and O–H groups in total. The average molecular weight is 278 g/mol. The largest absolute Gasteiger partial charge is 0.317 e. The maximum Gasteiger partial charge on any atom is 0.0582 e. The molecule has 1 aliphatic rings. The van der Waals surface area contributed by atoms with Gasteiger partial charge in [-0.2, -0.15) is 0 Å². The lowest BCUT2D eigenvalue weighted by Crippen LogP contribution is -2.33. The molecule has 1 saturated heterocycles. The summed E-state index contributed by atoms with van der Waals surface area (Å²) in [5.41, 5.74) is 0. The van der Waals surface area contributed by atoms with Gasteiger partial charge in [0, 0.05) is 10.3 Å². The number of piperidine rings is 1. The lowest BCUT2D eigenvalue weighted by atomic mass is 10.2. The predicted octanol–water partition coefficient (Wildman–Crippen LogP) is 2.85. The second kappa shape index (κ2) is 5.50. The van der Waals surface area contributed by atoms with Crippen LogP contribution in [-0.4, -0.2) is 22.5 Å². The molecule has 0 unspecified atom stereocenters. The van der Waals surface area contributed by atoms with E-state index in [1.54, 1.807) is 18.2 Å². The highest BCUT2D eigenvalue weighted by Crippen LogP contribution is 2.27. The third kappa shape index (κ3) is 2.77. The lowest BCUT2D eigenvalue weighted by Gasteiger charge is -2.22. The van der Waals surface area contributed by atoms with E-state index in [9.17, 15) is 4.21 Å². The van der Waals surface area contributed by atoms with Gasteiger partial charge >= 0.3 is 0 Å². The Morgan fingerprint density at radius 2 is 1.94 bits per heavy atom. The van der Waals surface area contributed by atoms with E-state index in [2.05, 4.69) is 5.32 Å². The van der Waals surface area contributed by atoms with Crippen molar-refractivity contribution < 1.29 is 4.21 Å². The zero-order valence-corrected chi connectivity index (χ0v) is 11.0. The number of benzene rings is 1. The molecule has 1 heterocycles.